The van der Waals surface area contributed by atoms with Crippen LogP contribution in [-0.4, -0.2) is 29.1 Å². The SMILES string of the molecule is Oc1ccc2c(c1)[C@]13CCCC[C@H]1[C@H](C2)N(CCc1cccs1)CC3. The molecule has 1 aliphatic heterocycles. The number of benzene rings is 1. The lowest BCUT2D eigenvalue weighted by molar-refractivity contribution is -0.0106. The van der Waals surface area contributed by atoms with E-state index in [2.05, 4.69) is 34.5 Å². The Balaban J connectivity index is 1.47. The molecule has 3 aliphatic rings. The van der Waals surface area contributed by atoms with Crippen LogP contribution in [0.5, 0.6) is 5.75 Å². The normalized spacial score (nSPS) is 31.4. The molecule has 132 valence electrons. The van der Waals surface area contributed by atoms with Crippen LogP contribution in [0, 0.1) is 5.92 Å². The molecule has 3 heteroatoms. The van der Waals surface area contributed by atoms with Gasteiger partial charge in [0, 0.05) is 22.9 Å². The van der Waals surface area contributed by atoms with Crippen molar-refractivity contribution in [2.75, 3.05) is 13.1 Å². The maximum atomic E-state index is 10.1. The minimum Gasteiger partial charge on any atom is -0.508 e. The predicted octanol–water partition coefficient (Wildman–Crippen LogP) is 4.75. The number of hydrogen-bond donors (Lipinski definition) is 1. The molecule has 0 radical (unpaired) electrons. The van der Waals surface area contributed by atoms with E-state index >= 15 is 0 Å². The molecule has 5 rings (SSSR count). The van der Waals surface area contributed by atoms with E-state index in [9.17, 15) is 5.11 Å². The molecule has 2 aromatic rings. The molecule has 1 N–H and O–H groups in total. The molecular formula is C22H27NOS. The quantitative estimate of drug-likeness (QED) is 0.860. The van der Waals surface area contributed by atoms with Crippen LogP contribution in [0.1, 0.15) is 48.1 Å². The van der Waals surface area contributed by atoms with Crippen molar-refractivity contribution in [1.82, 2.24) is 4.90 Å². The largest absolute Gasteiger partial charge is 0.508 e. The summed E-state index contributed by atoms with van der Waals surface area (Å²) in [4.78, 5) is 4.31. The van der Waals surface area contributed by atoms with E-state index in [1.54, 1.807) is 0 Å². The maximum Gasteiger partial charge on any atom is 0.115 e. The van der Waals surface area contributed by atoms with Gasteiger partial charge in [0.2, 0.25) is 0 Å². The number of aromatic hydroxyl groups is 1. The van der Waals surface area contributed by atoms with Crippen molar-refractivity contribution in [3.63, 3.8) is 0 Å². The maximum absolute atomic E-state index is 10.1. The first-order valence-corrected chi connectivity index (χ1v) is 10.7. The molecule has 2 fully saturated rings. The van der Waals surface area contributed by atoms with Gasteiger partial charge in [-0.3, -0.25) is 4.90 Å². The number of fused-ring (bicyclic) bond motifs is 1. The van der Waals surface area contributed by atoms with Crippen LogP contribution in [0.2, 0.25) is 0 Å². The summed E-state index contributed by atoms with van der Waals surface area (Å²) in [5.41, 5.74) is 3.34. The second-order valence-corrected chi connectivity index (χ2v) is 9.27. The number of hydrogen-bond acceptors (Lipinski definition) is 3. The minimum atomic E-state index is 0.342. The van der Waals surface area contributed by atoms with Gasteiger partial charge in [0.1, 0.15) is 5.75 Å². The highest BCUT2D eigenvalue weighted by atomic mass is 32.1. The van der Waals surface area contributed by atoms with Crippen LogP contribution in [0.4, 0.5) is 0 Å². The van der Waals surface area contributed by atoms with Crippen molar-refractivity contribution in [3.05, 3.63) is 51.7 Å². The topological polar surface area (TPSA) is 23.5 Å². The summed E-state index contributed by atoms with van der Waals surface area (Å²) in [6.07, 6.45) is 9.07. The van der Waals surface area contributed by atoms with Crippen molar-refractivity contribution in [3.8, 4) is 5.75 Å². The second-order valence-electron chi connectivity index (χ2n) is 8.24. The van der Waals surface area contributed by atoms with Crippen molar-refractivity contribution >= 4 is 11.3 Å². The first-order chi connectivity index (χ1) is 12.3. The average Bonchev–Trinajstić information content (AvgIpc) is 3.15. The number of piperidine rings is 1. The Hall–Kier alpha value is -1.32. The molecule has 2 bridgehead atoms. The van der Waals surface area contributed by atoms with Gasteiger partial charge in [-0.15, -0.1) is 11.3 Å². The summed E-state index contributed by atoms with van der Waals surface area (Å²) < 4.78 is 0. The van der Waals surface area contributed by atoms with E-state index in [1.165, 1.54) is 74.0 Å². The van der Waals surface area contributed by atoms with Gasteiger partial charge < -0.3 is 5.11 Å². The first-order valence-electron chi connectivity index (χ1n) is 9.85. The predicted molar refractivity (Wildman–Crippen MR) is 103 cm³/mol. The Morgan fingerprint density at radius 1 is 1.20 bits per heavy atom. The van der Waals surface area contributed by atoms with Gasteiger partial charge >= 0.3 is 0 Å². The zero-order valence-corrected chi connectivity index (χ0v) is 15.6. The highest BCUT2D eigenvalue weighted by Gasteiger charge is 2.53. The number of phenolic OH excluding ortho intramolecular Hbond substituents is 1. The fourth-order valence-electron chi connectivity index (χ4n) is 6.06. The van der Waals surface area contributed by atoms with Gasteiger partial charge in [0.15, 0.2) is 0 Å². The van der Waals surface area contributed by atoms with Crippen LogP contribution < -0.4 is 0 Å². The van der Waals surface area contributed by atoms with Crippen LogP contribution in [-0.2, 0) is 18.3 Å². The van der Waals surface area contributed by atoms with Crippen molar-refractivity contribution in [2.45, 2.75) is 56.4 Å². The first kappa shape index (κ1) is 15.9. The Labute approximate surface area is 154 Å². The van der Waals surface area contributed by atoms with Gasteiger partial charge in [-0.1, -0.05) is 25.0 Å². The molecule has 25 heavy (non-hydrogen) atoms. The number of phenols is 1. The van der Waals surface area contributed by atoms with Gasteiger partial charge in [0.25, 0.3) is 0 Å². The molecule has 2 aliphatic carbocycles. The van der Waals surface area contributed by atoms with Crippen LogP contribution >= 0.6 is 11.3 Å². The van der Waals surface area contributed by atoms with Gasteiger partial charge in [-0.2, -0.15) is 0 Å². The number of nitrogens with zero attached hydrogens (tertiary/aromatic N) is 1. The number of likely N-dealkylation sites (tertiary alicyclic amines) is 1. The third-order valence-corrected chi connectivity index (χ3v) is 8.10. The van der Waals surface area contributed by atoms with E-state index in [0.717, 1.165) is 5.92 Å². The molecule has 1 saturated heterocycles. The average molecular weight is 354 g/mol. The van der Waals surface area contributed by atoms with Crippen LogP contribution in [0.25, 0.3) is 0 Å². The summed E-state index contributed by atoms with van der Waals surface area (Å²) in [5, 5.41) is 12.3. The second kappa shape index (κ2) is 6.14. The molecule has 0 amide bonds. The standard InChI is InChI=1S/C22H27NOS/c24-17-7-6-16-14-21-19-5-1-2-9-22(19,20(16)15-17)10-12-23(21)11-8-18-4-3-13-25-18/h3-4,6-7,13,15,19,21,24H,1-2,5,8-12,14H2/t19-,21-,22-/m0/s1. The lowest BCUT2D eigenvalue weighted by Crippen LogP contribution is -2.61. The molecule has 0 spiro atoms. The van der Waals surface area contributed by atoms with E-state index in [4.69, 9.17) is 0 Å². The van der Waals surface area contributed by atoms with Crippen LogP contribution in [0.15, 0.2) is 35.7 Å². The molecule has 1 saturated carbocycles. The lowest BCUT2D eigenvalue weighted by Gasteiger charge is -2.59. The van der Waals surface area contributed by atoms with Gasteiger partial charge in [-0.05, 0) is 79.3 Å². The van der Waals surface area contributed by atoms with Gasteiger partial charge in [0.05, 0.1) is 0 Å². The Morgan fingerprint density at radius 2 is 2.16 bits per heavy atom. The number of rotatable bonds is 3. The minimum absolute atomic E-state index is 0.342. The zero-order valence-electron chi connectivity index (χ0n) is 14.8. The lowest BCUT2D eigenvalue weighted by atomic mass is 9.52. The van der Waals surface area contributed by atoms with Gasteiger partial charge in [-0.25, -0.2) is 0 Å². The third kappa shape index (κ3) is 2.55. The molecule has 3 atom stereocenters. The molecule has 1 aromatic carbocycles. The van der Waals surface area contributed by atoms with Crippen molar-refractivity contribution in [1.29, 1.82) is 0 Å². The Morgan fingerprint density at radius 3 is 3.04 bits per heavy atom. The summed E-state index contributed by atoms with van der Waals surface area (Å²) in [7, 11) is 0. The Bertz CT molecular complexity index is 755. The highest BCUT2D eigenvalue weighted by Crippen LogP contribution is 2.56. The van der Waals surface area contributed by atoms with E-state index < -0.39 is 0 Å². The fourth-order valence-corrected chi connectivity index (χ4v) is 6.76. The third-order valence-electron chi connectivity index (χ3n) is 7.16. The van der Waals surface area contributed by atoms with E-state index in [1.807, 2.05) is 17.4 Å². The molecule has 2 nitrogen and oxygen atoms in total. The van der Waals surface area contributed by atoms with Crippen molar-refractivity contribution in [2.24, 2.45) is 5.92 Å². The smallest absolute Gasteiger partial charge is 0.115 e. The summed E-state index contributed by atoms with van der Waals surface area (Å²) in [6.45, 7) is 2.42. The molecular weight excluding hydrogens is 326 g/mol. The monoisotopic (exact) mass is 353 g/mol. The summed E-state index contributed by atoms with van der Waals surface area (Å²) in [5.74, 6) is 1.24. The fraction of sp³-hybridized carbons (Fsp3) is 0.545. The zero-order chi connectivity index (χ0) is 16.9. The Kier molecular flexibility index (Phi) is 3.90. The van der Waals surface area contributed by atoms with E-state index in [0.29, 0.717) is 17.2 Å². The molecule has 0 unspecified atom stereocenters. The molecule has 2 heterocycles. The van der Waals surface area contributed by atoms with Crippen LogP contribution in [0.3, 0.4) is 0 Å². The summed E-state index contributed by atoms with van der Waals surface area (Å²) >= 11 is 1.89. The molecule has 1 aromatic heterocycles. The highest BCUT2D eigenvalue weighted by molar-refractivity contribution is 7.09. The van der Waals surface area contributed by atoms with E-state index in [-0.39, 0.29) is 0 Å². The van der Waals surface area contributed by atoms with Crippen molar-refractivity contribution < 1.29 is 5.11 Å². The number of thiophene rings is 1. The summed E-state index contributed by atoms with van der Waals surface area (Å²) in [6, 6.07) is 11.3.